The number of fused-ring (bicyclic) bond motifs is 2. The molecule has 8 heteroatoms. The third kappa shape index (κ3) is 3.70. The minimum absolute atomic E-state index is 0.0726. The number of aliphatic hydroxyl groups is 1. The molecule has 156 valence electrons. The Morgan fingerprint density at radius 2 is 1.93 bits per heavy atom. The smallest absolute Gasteiger partial charge is 0.238 e. The number of carbonyl (C=O) groups is 1. The molecule has 29 heavy (non-hydrogen) atoms. The van der Waals surface area contributed by atoms with Crippen LogP contribution in [0.25, 0.3) is 0 Å². The lowest BCUT2D eigenvalue weighted by Gasteiger charge is -2.43. The molecule has 2 fully saturated rings. The lowest BCUT2D eigenvalue weighted by molar-refractivity contribution is -0.121. The molecular weight excluding hydrogens is 372 g/mol. The lowest BCUT2D eigenvalue weighted by atomic mass is 9.85. The predicted molar refractivity (Wildman–Crippen MR) is 108 cm³/mol. The molecule has 0 saturated carbocycles. The molecule has 4 rings (SSSR count). The number of ether oxygens (including phenoxy) is 2. The molecule has 0 aliphatic carbocycles. The van der Waals surface area contributed by atoms with Crippen LogP contribution in [0.4, 0.5) is 5.69 Å². The standard InChI is InChI=1S/C21H28N4O4/c1-24-9-8-22-20(24)21(27)11-15-5-6-16(12-21)25(15)13-19(26)23-14-4-7-17(28-2)18(10-14)29-3/h4,7-10,15-16,27H,5-6,11-13H2,1-3H3,(H,23,26). The van der Waals surface area contributed by atoms with E-state index >= 15 is 0 Å². The molecule has 1 amide bonds. The number of hydrogen-bond donors (Lipinski definition) is 2. The first-order valence-electron chi connectivity index (χ1n) is 9.91. The summed E-state index contributed by atoms with van der Waals surface area (Å²) in [5.41, 5.74) is -0.262. The number of piperidine rings is 1. The number of carbonyl (C=O) groups excluding carboxylic acids is 1. The zero-order valence-corrected chi connectivity index (χ0v) is 17.1. The molecule has 2 unspecified atom stereocenters. The number of benzene rings is 1. The molecule has 0 spiro atoms. The fourth-order valence-corrected chi connectivity index (χ4v) is 4.85. The normalized spacial score (nSPS) is 26.3. The van der Waals surface area contributed by atoms with Crippen LogP contribution >= 0.6 is 0 Å². The number of aryl methyl sites for hydroxylation is 1. The minimum atomic E-state index is -0.930. The molecule has 2 aliphatic rings. The van der Waals surface area contributed by atoms with Gasteiger partial charge in [-0.1, -0.05) is 0 Å². The summed E-state index contributed by atoms with van der Waals surface area (Å²) in [6, 6.07) is 5.66. The van der Waals surface area contributed by atoms with Crippen molar-refractivity contribution in [2.24, 2.45) is 7.05 Å². The zero-order chi connectivity index (χ0) is 20.6. The third-order valence-corrected chi connectivity index (χ3v) is 6.15. The highest BCUT2D eigenvalue weighted by Crippen LogP contribution is 2.45. The van der Waals surface area contributed by atoms with Crippen LogP contribution in [0.5, 0.6) is 11.5 Å². The van der Waals surface area contributed by atoms with Crippen LogP contribution in [0, 0.1) is 0 Å². The molecule has 1 aromatic heterocycles. The second-order valence-electron chi connectivity index (χ2n) is 7.98. The van der Waals surface area contributed by atoms with E-state index in [2.05, 4.69) is 15.2 Å². The Morgan fingerprint density at radius 3 is 2.52 bits per heavy atom. The average molecular weight is 400 g/mol. The summed E-state index contributed by atoms with van der Waals surface area (Å²) >= 11 is 0. The van der Waals surface area contributed by atoms with Gasteiger partial charge in [0.25, 0.3) is 0 Å². The van der Waals surface area contributed by atoms with Crippen LogP contribution in [0.2, 0.25) is 0 Å². The summed E-state index contributed by atoms with van der Waals surface area (Å²) in [6.45, 7) is 0.306. The first kappa shape index (κ1) is 19.7. The molecule has 2 N–H and O–H groups in total. The first-order chi connectivity index (χ1) is 13.9. The summed E-state index contributed by atoms with van der Waals surface area (Å²) in [5.74, 6) is 1.83. The molecule has 2 atom stereocenters. The molecule has 8 nitrogen and oxygen atoms in total. The molecule has 1 aromatic carbocycles. The van der Waals surface area contributed by atoms with E-state index in [9.17, 15) is 9.90 Å². The van der Waals surface area contributed by atoms with E-state index in [0.717, 1.165) is 12.8 Å². The number of amides is 1. The number of anilines is 1. The highest BCUT2D eigenvalue weighted by molar-refractivity contribution is 5.92. The largest absolute Gasteiger partial charge is 0.493 e. The maximum Gasteiger partial charge on any atom is 0.238 e. The number of nitrogens with zero attached hydrogens (tertiary/aromatic N) is 3. The maximum atomic E-state index is 12.7. The van der Waals surface area contributed by atoms with Gasteiger partial charge in [-0.15, -0.1) is 0 Å². The maximum absolute atomic E-state index is 12.7. The predicted octanol–water partition coefficient (Wildman–Crippen LogP) is 1.89. The van der Waals surface area contributed by atoms with Crippen molar-refractivity contribution in [3.63, 3.8) is 0 Å². The fourth-order valence-electron chi connectivity index (χ4n) is 4.85. The average Bonchev–Trinajstić information content (AvgIpc) is 3.23. The van der Waals surface area contributed by atoms with Gasteiger partial charge in [0.15, 0.2) is 11.5 Å². The van der Waals surface area contributed by atoms with Crippen molar-refractivity contribution in [2.75, 3.05) is 26.1 Å². The lowest BCUT2D eigenvalue weighted by Crippen LogP contribution is -2.52. The number of imidazole rings is 1. The second-order valence-corrected chi connectivity index (χ2v) is 7.98. The second kappa shape index (κ2) is 7.68. The van der Waals surface area contributed by atoms with Crippen LogP contribution in [0.15, 0.2) is 30.6 Å². The van der Waals surface area contributed by atoms with Gasteiger partial charge in [0.1, 0.15) is 11.4 Å². The van der Waals surface area contributed by atoms with Gasteiger partial charge in [-0.25, -0.2) is 4.98 Å². The van der Waals surface area contributed by atoms with E-state index in [1.165, 1.54) is 0 Å². The van der Waals surface area contributed by atoms with Gasteiger partial charge < -0.3 is 24.5 Å². The van der Waals surface area contributed by atoms with Gasteiger partial charge in [0, 0.05) is 43.3 Å². The molecule has 2 aromatic rings. The van der Waals surface area contributed by atoms with Crippen LogP contribution in [0.1, 0.15) is 31.5 Å². The van der Waals surface area contributed by atoms with Crippen LogP contribution < -0.4 is 14.8 Å². The molecule has 2 aliphatic heterocycles. The van der Waals surface area contributed by atoms with E-state index in [4.69, 9.17) is 9.47 Å². The van der Waals surface area contributed by atoms with Gasteiger partial charge in [-0.05, 0) is 37.8 Å². The van der Waals surface area contributed by atoms with E-state index < -0.39 is 5.60 Å². The molecule has 0 radical (unpaired) electrons. The number of hydrogen-bond acceptors (Lipinski definition) is 6. The topological polar surface area (TPSA) is 88.9 Å². The van der Waals surface area contributed by atoms with Crippen LogP contribution in [-0.2, 0) is 17.4 Å². The van der Waals surface area contributed by atoms with E-state index in [1.807, 2.05) is 17.8 Å². The summed E-state index contributed by atoms with van der Waals surface area (Å²) in [5, 5.41) is 14.2. The van der Waals surface area contributed by atoms with Crippen molar-refractivity contribution < 1.29 is 19.4 Å². The van der Waals surface area contributed by atoms with E-state index in [-0.39, 0.29) is 18.0 Å². The Kier molecular flexibility index (Phi) is 5.23. The van der Waals surface area contributed by atoms with E-state index in [1.54, 1.807) is 38.6 Å². The Morgan fingerprint density at radius 1 is 1.24 bits per heavy atom. The van der Waals surface area contributed by atoms with Crippen molar-refractivity contribution in [1.29, 1.82) is 0 Å². The Labute approximate surface area is 170 Å². The van der Waals surface area contributed by atoms with Crippen molar-refractivity contribution in [1.82, 2.24) is 14.5 Å². The third-order valence-electron chi connectivity index (χ3n) is 6.15. The Bertz CT molecular complexity index is 883. The minimum Gasteiger partial charge on any atom is -0.493 e. The molecule has 2 saturated heterocycles. The van der Waals surface area contributed by atoms with Crippen molar-refractivity contribution >= 4 is 11.6 Å². The number of aromatic nitrogens is 2. The van der Waals surface area contributed by atoms with Crippen LogP contribution in [0.3, 0.4) is 0 Å². The van der Waals surface area contributed by atoms with Gasteiger partial charge >= 0.3 is 0 Å². The number of rotatable bonds is 6. The quantitative estimate of drug-likeness (QED) is 0.770. The van der Waals surface area contributed by atoms with Gasteiger partial charge in [0.05, 0.1) is 20.8 Å². The monoisotopic (exact) mass is 400 g/mol. The highest BCUT2D eigenvalue weighted by Gasteiger charge is 2.50. The van der Waals surface area contributed by atoms with E-state index in [0.29, 0.717) is 42.4 Å². The molecule has 2 bridgehead atoms. The fraction of sp³-hybridized carbons (Fsp3) is 0.524. The molecule has 3 heterocycles. The zero-order valence-electron chi connectivity index (χ0n) is 17.1. The van der Waals surface area contributed by atoms with Gasteiger partial charge in [-0.3, -0.25) is 9.69 Å². The Hall–Kier alpha value is -2.58. The van der Waals surface area contributed by atoms with Crippen molar-refractivity contribution in [3.05, 3.63) is 36.4 Å². The number of methoxy groups -OCH3 is 2. The Balaban J connectivity index is 1.42. The number of nitrogens with one attached hydrogen (secondary N) is 1. The van der Waals surface area contributed by atoms with Gasteiger partial charge in [-0.2, -0.15) is 0 Å². The molecular formula is C21H28N4O4. The first-order valence-corrected chi connectivity index (χ1v) is 9.91. The SMILES string of the molecule is COc1ccc(NC(=O)CN2C3CCC2CC(O)(c2nccn2C)C3)cc1OC. The van der Waals surface area contributed by atoms with Crippen LogP contribution in [-0.4, -0.2) is 58.3 Å². The van der Waals surface area contributed by atoms with Crippen molar-refractivity contribution in [2.45, 2.75) is 43.4 Å². The summed E-state index contributed by atoms with van der Waals surface area (Å²) < 4.78 is 12.4. The van der Waals surface area contributed by atoms with Crippen molar-refractivity contribution in [3.8, 4) is 11.5 Å². The van der Waals surface area contributed by atoms with Gasteiger partial charge in [0.2, 0.25) is 5.91 Å². The summed E-state index contributed by atoms with van der Waals surface area (Å²) in [6.07, 6.45) is 6.74. The summed E-state index contributed by atoms with van der Waals surface area (Å²) in [7, 11) is 5.05. The highest BCUT2D eigenvalue weighted by atomic mass is 16.5. The summed E-state index contributed by atoms with van der Waals surface area (Å²) in [4.78, 5) is 19.3.